The number of carbonyl (C=O) groups excluding carboxylic acids is 1. The lowest BCUT2D eigenvalue weighted by Gasteiger charge is -2.04. The zero-order chi connectivity index (χ0) is 21.6. The van der Waals surface area contributed by atoms with Crippen molar-refractivity contribution < 1.29 is 14.9 Å². The summed E-state index contributed by atoms with van der Waals surface area (Å²) in [6, 6.07) is 12.1. The third-order valence-electron chi connectivity index (χ3n) is 3.91. The molecule has 0 unspecified atom stereocenters. The van der Waals surface area contributed by atoms with Crippen LogP contribution in [0.1, 0.15) is 23.7 Å². The van der Waals surface area contributed by atoms with E-state index in [0.717, 1.165) is 35.0 Å². The Bertz CT molecular complexity index is 867. The van der Waals surface area contributed by atoms with Crippen LogP contribution in [-0.2, 0) is 0 Å². The lowest BCUT2D eigenvalue weighted by Crippen LogP contribution is -2.54. The van der Waals surface area contributed by atoms with Crippen LogP contribution in [0.15, 0.2) is 48.7 Å². The van der Waals surface area contributed by atoms with Crippen LogP contribution in [0.25, 0.3) is 22.0 Å². The highest BCUT2D eigenvalue weighted by Gasteiger charge is 2.12. The number of H-pyrrole nitrogens is 1. The van der Waals surface area contributed by atoms with Crippen LogP contribution in [0.4, 0.5) is 4.39 Å². The van der Waals surface area contributed by atoms with E-state index in [1.807, 2.05) is 18.2 Å². The summed E-state index contributed by atoms with van der Waals surface area (Å²) < 4.78 is 13.0. The monoisotopic (exact) mass is 441 g/mol. The van der Waals surface area contributed by atoms with Gasteiger partial charge >= 0.3 is 0 Å². The van der Waals surface area contributed by atoms with E-state index in [1.54, 1.807) is 18.3 Å². The first kappa shape index (κ1) is 24.9. The zero-order valence-corrected chi connectivity index (χ0v) is 18.2. The van der Waals surface area contributed by atoms with Crippen molar-refractivity contribution in [1.82, 2.24) is 15.1 Å². The average Bonchev–Trinajstić information content (AvgIpc) is 3.18. The average molecular weight is 442 g/mol. The highest BCUT2D eigenvalue weighted by Crippen LogP contribution is 2.26. The molecule has 1 amide bonds. The molecule has 0 spiro atoms. The second-order valence-electron chi connectivity index (χ2n) is 5.96. The van der Waals surface area contributed by atoms with E-state index in [4.69, 9.17) is 11.8 Å². The van der Waals surface area contributed by atoms with Crippen molar-refractivity contribution in [3.05, 3.63) is 60.0 Å². The molecule has 1 heterocycles. The first-order chi connectivity index (χ1) is 14.1. The molecule has 0 radical (unpaired) electrons. The summed E-state index contributed by atoms with van der Waals surface area (Å²) >= 11 is 9.69. The molecule has 5 nitrogen and oxygen atoms in total. The van der Waals surface area contributed by atoms with Crippen LogP contribution in [0, 0.1) is 5.82 Å². The van der Waals surface area contributed by atoms with Crippen LogP contribution in [0.2, 0.25) is 0 Å². The number of quaternary nitrogens is 1. The maximum atomic E-state index is 13.0. The van der Waals surface area contributed by atoms with Crippen molar-refractivity contribution in [2.75, 3.05) is 26.0 Å². The van der Waals surface area contributed by atoms with Gasteiger partial charge in [-0.15, -0.1) is 11.6 Å². The number of aromatic nitrogens is 1. The van der Waals surface area contributed by atoms with E-state index < -0.39 is 0 Å². The Hall–Kier alpha value is -2.12. The molecule has 0 fully saturated rings. The summed E-state index contributed by atoms with van der Waals surface area (Å²) in [6.45, 7) is 4.16. The molecule has 1 aromatic heterocycles. The molecule has 29 heavy (non-hydrogen) atoms. The minimum atomic E-state index is -0.264. The Kier molecular flexibility index (Phi) is 12.0. The summed E-state index contributed by atoms with van der Waals surface area (Å²) in [4.78, 5) is 17.7. The summed E-state index contributed by atoms with van der Waals surface area (Å²) in [5.41, 5.74) is 7.06. The predicted octanol–water partition coefficient (Wildman–Crippen LogP) is 3.94. The Morgan fingerprint density at radius 3 is 2.31 bits per heavy atom. The fourth-order valence-corrected chi connectivity index (χ4v) is 2.71. The molecule has 158 valence electrons. The zero-order valence-electron chi connectivity index (χ0n) is 16.7. The van der Waals surface area contributed by atoms with Gasteiger partial charge in [-0.1, -0.05) is 25.1 Å². The van der Waals surface area contributed by atoms with E-state index in [0.29, 0.717) is 18.7 Å². The van der Waals surface area contributed by atoms with Crippen molar-refractivity contribution in [3.8, 4) is 11.1 Å². The normalized spacial score (nSPS) is 9.86. The third kappa shape index (κ3) is 7.66. The molecule has 0 bridgehead atoms. The molecule has 2 aromatic carbocycles. The lowest BCUT2D eigenvalue weighted by molar-refractivity contribution is -0.364. The van der Waals surface area contributed by atoms with E-state index >= 15 is 0 Å². The number of nitrogens with one attached hydrogen (secondary N) is 3. The standard InChI is InChI=1S/C17H16FN3O.C3H8ClN.CH3Cl/c18-13-4-1-11(2-5-13)12-3-6-16-14(9-12)15(10-21-16)17(22)20-8-7-19;1-2-3-5-4;1-2/h1-6,9-10,21H,7-8,19H2,(H,20,22);5H,2-3H2,1H3;1H3/p+1. The van der Waals surface area contributed by atoms with Crippen molar-refractivity contribution >= 4 is 40.2 Å². The van der Waals surface area contributed by atoms with Gasteiger partial charge in [-0.2, -0.15) is 0 Å². The van der Waals surface area contributed by atoms with Gasteiger partial charge in [-0.3, -0.25) is 4.79 Å². The van der Waals surface area contributed by atoms with Gasteiger partial charge in [0, 0.05) is 30.0 Å². The van der Waals surface area contributed by atoms with Crippen LogP contribution >= 0.6 is 23.4 Å². The van der Waals surface area contributed by atoms with Crippen molar-refractivity contribution in [1.29, 1.82) is 0 Å². The molecule has 0 aliphatic carbocycles. The van der Waals surface area contributed by atoms with Gasteiger partial charge in [-0.05, 0) is 53.6 Å². The maximum absolute atomic E-state index is 13.0. The fraction of sp³-hybridized carbons (Fsp3) is 0.286. The minimum absolute atomic E-state index is 0.119. The molecule has 0 saturated heterocycles. The highest BCUT2D eigenvalue weighted by molar-refractivity contribution is 6.15. The second kappa shape index (κ2) is 14.0. The largest absolute Gasteiger partial charge is 0.360 e. The Morgan fingerprint density at radius 1 is 1.10 bits per heavy atom. The van der Waals surface area contributed by atoms with Crippen molar-refractivity contribution in [3.63, 3.8) is 0 Å². The summed E-state index contributed by atoms with van der Waals surface area (Å²) in [7, 11) is 0. The lowest BCUT2D eigenvalue weighted by atomic mass is 10.0. The number of benzene rings is 2. The SMILES string of the molecule is CCCNCl.CCl.[NH3+]CCNC(=O)c1c[nH]c2ccc(-c3ccc(F)cc3)cc12. The number of fused-ring (bicyclic) bond motifs is 1. The quantitative estimate of drug-likeness (QED) is 0.345. The summed E-state index contributed by atoms with van der Waals surface area (Å²) in [6.07, 6.45) is 4.28. The van der Waals surface area contributed by atoms with Crippen LogP contribution in [-0.4, -0.2) is 36.9 Å². The molecule has 0 atom stereocenters. The van der Waals surface area contributed by atoms with Gasteiger partial charge in [-0.25, -0.2) is 9.23 Å². The molecule has 3 aromatic rings. The van der Waals surface area contributed by atoms with Gasteiger partial charge in [0.1, 0.15) is 5.82 Å². The van der Waals surface area contributed by atoms with Gasteiger partial charge in [0.15, 0.2) is 0 Å². The van der Waals surface area contributed by atoms with E-state index in [1.165, 1.54) is 18.5 Å². The Labute approximate surface area is 180 Å². The minimum Gasteiger partial charge on any atom is -0.360 e. The van der Waals surface area contributed by atoms with E-state index in [2.05, 4.69) is 39.4 Å². The fourth-order valence-electron chi connectivity index (χ4n) is 2.52. The van der Waals surface area contributed by atoms with Crippen LogP contribution in [0.5, 0.6) is 0 Å². The number of amides is 1. The first-order valence-corrected chi connectivity index (χ1v) is 10.4. The molecular weight excluding hydrogens is 414 g/mol. The molecular formula is C21H28Cl2FN4O+. The number of carbonyl (C=O) groups is 1. The van der Waals surface area contributed by atoms with Crippen molar-refractivity contribution in [2.24, 2.45) is 0 Å². The molecule has 0 aliphatic rings. The van der Waals surface area contributed by atoms with Gasteiger partial charge in [0.05, 0.1) is 18.7 Å². The molecule has 0 saturated carbocycles. The maximum Gasteiger partial charge on any atom is 0.253 e. The van der Waals surface area contributed by atoms with Crippen molar-refractivity contribution in [2.45, 2.75) is 13.3 Å². The number of rotatable bonds is 6. The number of hydrogen-bond acceptors (Lipinski definition) is 2. The van der Waals surface area contributed by atoms with Gasteiger partial charge in [0.25, 0.3) is 5.91 Å². The number of hydrogen-bond donors (Lipinski definition) is 4. The molecule has 0 aliphatic heterocycles. The van der Waals surface area contributed by atoms with Gasteiger partial charge < -0.3 is 16.0 Å². The molecule has 3 rings (SSSR count). The number of alkyl halides is 1. The third-order valence-corrected chi connectivity index (χ3v) is 4.10. The smallest absolute Gasteiger partial charge is 0.253 e. The number of halogens is 3. The van der Waals surface area contributed by atoms with Crippen LogP contribution in [0.3, 0.4) is 0 Å². The van der Waals surface area contributed by atoms with Crippen LogP contribution < -0.4 is 15.9 Å². The Morgan fingerprint density at radius 2 is 1.76 bits per heavy atom. The number of aromatic amines is 1. The summed E-state index contributed by atoms with van der Waals surface area (Å²) in [5.74, 6) is -0.383. The topological polar surface area (TPSA) is 84.6 Å². The molecule has 8 heteroatoms. The predicted molar refractivity (Wildman–Crippen MR) is 120 cm³/mol. The van der Waals surface area contributed by atoms with E-state index in [9.17, 15) is 9.18 Å². The second-order valence-corrected chi connectivity index (χ2v) is 6.23. The first-order valence-electron chi connectivity index (χ1n) is 9.26. The highest BCUT2D eigenvalue weighted by atomic mass is 35.5. The Balaban J connectivity index is 0.000000527. The molecule has 6 N–H and O–H groups in total. The van der Waals surface area contributed by atoms with Gasteiger partial charge in [0.2, 0.25) is 0 Å². The summed E-state index contributed by atoms with van der Waals surface area (Å²) in [5, 5.41) is 3.67. The van der Waals surface area contributed by atoms with E-state index in [-0.39, 0.29) is 11.7 Å².